The van der Waals surface area contributed by atoms with Crippen molar-refractivity contribution in [1.29, 1.82) is 0 Å². The Kier molecular flexibility index (Phi) is 5.90. The molecule has 0 saturated carbocycles. The molecule has 1 aromatic heterocycles. The molecule has 0 aliphatic heterocycles. The zero-order chi connectivity index (χ0) is 12.7. The number of anilines is 2. The summed E-state index contributed by atoms with van der Waals surface area (Å²) in [5, 5.41) is 3.27. The van der Waals surface area contributed by atoms with Crippen LogP contribution in [0.15, 0.2) is 6.33 Å². The molecule has 1 rings (SSSR count). The lowest BCUT2D eigenvalue weighted by Gasteiger charge is -2.16. The maximum Gasteiger partial charge on any atom is 0.242 e. The van der Waals surface area contributed by atoms with E-state index in [1.54, 1.807) is 0 Å². The van der Waals surface area contributed by atoms with E-state index in [9.17, 15) is 0 Å². The molecular formula is C11H20N4OS. The summed E-state index contributed by atoms with van der Waals surface area (Å²) in [6, 6.07) is 0.312. The number of hydrogen-bond donors (Lipinski definition) is 2. The molecule has 0 spiro atoms. The highest BCUT2D eigenvalue weighted by atomic mass is 32.2. The van der Waals surface area contributed by atoms with Crippen molar-refractivity contribution >= 4 is 23.3 Å². The Morgan fingerprint density at radius 1 is 1.47 bits per heavy atom. The van der Waals surface area contributed by atoms with Gasteiger partial charge in [-0.1, -0.05) is 6.92 Å². The fourth-order valence-corrected chi connectivity index (χ4v) is 1.99. The summed E-state index contributed by atoms with van der Waals surface area (Å²) in [5.41, 5.74) is 6.40. The number of nitrogen functional groups attached to an aromatic ring is 1. The van der Waals surface area contributed by atoms with Gasteiger partial charge in [-0.25, -0.2) is 4.98 Å². The van der Waals surface area contributed by atoms with E-state index in [1.807, 2.05) is 18.7 Å². The van der Waals surface area contributed by atoms with Gasteiger partial charge < -0.3 is 15.8 Å². The van der Waals surface area contributed by atoms with Crippen LogP contribution in [0.2, 0.25) is 0 Å². The number of ether oxygens (including phenoxy) is 1. The van der Waals surface area contributed by atoms with E-state index in [1.165, 1.54) is 6.33 Å². The molecule has 0 amide bonds. The molecule has 17 heavy (non-hydrogen) atoms. The SMILES string of the molecule is CCOc1ncnc(NC(C)CSCC)c1N. The summed E-state index contributed by atoms with van der Waals surface area (Å²) < 4.78 is 5.32. The molecule has 0 aromatic carbocycles. The van der Waals surface area contributed by atoms with Crippen LogP contribution < -0.4 is 15.8 Å². The molecule has 0 aliphatic rings. The van der Waals surface area contributed by atoms with Crippen molar-refractivity contribution in [3.05, 3.63) is 6.33 Å². The molecule has 1 atom stereocenters. The van der Waals surface area contributed by atoms with Gasteiger partial charge in [-0.3, -0.25) is 0 Å². The number of thioether (sulfide) groups is 1. The summed E-state index contributed by atoms with van der Waals surface area (Å²) >= 11 is 1.88. The molecule has 6 heteroatoms. The van der Waals surface area contributed by atoms with Crippen LogP contribution in [0, 0.1) is 0 Å². The topological polar surface area (TPSA) is 73.1 Å². The van der Waals surface area contributed by atoms with Crippen LogP contribution in [0.25, 0.3) is 0 Å². The van der Waals surface area contributed by atoms with Gasteiger partial charge in [0, 0.05) is 11.8 Å². The predicted octanol–water partition coefficient (Wildman–Crippen LogP) is 2.01. The van der Waals surface area contributed by atoms with Crippen LogP contribution in [0.5, 0.6) is 5.88 Å². The molecule has 1 unspecified atom stereocenters. The van der Waals surface area contributed by atoms with E-state index in [4.69, 9.17) is 10.5 Å². The Hall–Kier alpha value is -1.17. The maximum absolute atomic E-state index is 5.93. The predicted molar refractivity (Wildman–Crippen MR) is 73.7 cm³/mol. The van der Waals surface area contributed by atoms with E-state index in [2.05, 4.69) is 29.1 Å². The van der Waals surface area contributed by atoms with Crippen molar-refractivity contribution in [3.8, 4) is 5.88 Å². The van der Waals surface area contributed by atoms with Gasteiger partial charge in [-0.2, -0.15) is 16.7 Å². The first-order chi connectivity index (χ1) is 8.19. The van der Waals surface area contributed by atoms with Crippen molar-refractivity contribution in [2.24, 2.45) is 0 Å². The fraction of sp³-hybridized carbons (Fsp3) is 0.636. The fourth-order valence-electron chi connectivity index (χ4n) is 1.32. The first-order valence-electron chi connectivity index (χ1n) is 5.76. The van der Waals surface area contributed by atoms with Crippen LogP contribution >= 0.6 is 11.8 Å². The molecule has 0 aliphatic carbocycles. The Labute approximate surface area is 107 Å². The molecule has 96 valence electrons. The molecule has 0 saturated heterocycles. The van der Waals surface area contributed by atoms with Gasteiger partial charge in [0.25, 0.3) is 0 Å². The van der Waals surface area contributed by atoms with Crippen molar-refractivity contribution < 1.29 is 4.74 Å². The highest BCUT2D eigenvalue weighted by Crippen LogP contribution is 2.25. The van der Waals surface area contributed by atoms with Gasteiger partial charge in [0.1, 0.15) is 12.0 Å². The van der Waals surface area contributed by atoms with Gasteiger partial charge in [0.05, 0.1) is 6.61 Å². The second-order valence-corrected chi connectivity index (χ2v) is 4.90. The second-order valence-electron chi connectivity index (χ2n) is 3.58. The normalized spacial score (nSPS) is 12.2. The molecule has 0 radical (unpaired) electrons. The Morgan fingerprint density at radius 2 is 2.24 bits per heavy atom. The van der Waals surface area contributed by atoms with E-state index < -0.39 is 0 Å². The summed E-state index contributed by atoms with van der Waals surface area (Å²) in [6.45, 7) is 6.69. The van der Waals surface area contributed by atoms with E-state index in [-0.39, 0.29) is 0 Å². The highest BCUT2D eigenvalue weighted by molar-refractivity contribution is 7.99. The standard InChI is InChI=1S/C11H20N4OS/c1-4-16-11-9(12)10(13-7-14-11)15-8(3)6-17-5-2/h7-8H,4-6,12H2,1-3H3,(H,13,14,15). The van der Waals surface area contributed by atoms with Crippen LogP contribution in [-0.4, -0.2) is 34.1 Å². The Balaban J connectivity index is 2.67. The van der Waals surface area contributed by atoms with Gasteiger partial charge in [-0.05, 0) is 19.6 Å². The lowest BCUT2D eigenvalue weighted by atomic mass is 10.3. The lowest BCUT2D eigenvalue weighted by molar-refractivity contribution is 0.328. The number of nitrogens with zero attached hydrogens (tertiary/aromatic N) is 2. The number of hydrogen-bond acceptors (Lipinski definition) is 6. The summed E-state index contributed by atoms with van der Waals surface area (Å²) in [4.78, 5) is 8.13. The largest absolute Gasteiger partial charge is 0.476 e. The first kappa shape index (κ1) is 13.9. The third-order valence-electron chi connectivity index (χ3n) is 2.08. The van der Waals surface area contributed by atoms with Crippen LogP contribution in [0.4, 0.5) is 11.5 Å². The monoisotopic (exact) mass is 256 g/mol. The van der Waals surface area contributed by atoms with Crippen LogP contribution in [0.1, 0.15) is 20.8 Å². The molecule has 0 fully saturated rings. The van der Waals surface area contributed by atoms with Gasteiger partial charge in [-0.15, -0.1) is 0 Å². The summed E-state index contributed by atoms with van der Waals surface area (Å²) in [5.74, 6) is 3.22. The molecule has 1 aromatic rings. The quantitative estimate of drug-likeness (QED) is 0.777. The third kappa shape index (κ3) is 4.30. The van der Waals surface area contributed by atoms with Gasteiger partial charge in [0.15, 0.2) is 5.82 Å². The number of nitrogens with two attached hydrogens (primary N) is 1. The van der Waals surface area contributed by atoms with E-state index in [0.29, 0.717) is 30.0 Å². The summed E-state index contributed by atoms with van der Waals surface area (Å²) in [6.07, 6.45) is 1.46. The van der Waals surface area contributed by atoms with Crippen molar-refractivity contribution in [2.75, 3.05) is 29.2 Å². The van der Waals surface area contributed by atoms with Crippen molar-refractivity contribution in [2.45, 2.75) is 26.8 Å². The average Bonchev–Trinajstić information content (AvgIpc) is 2.32. The average molecular weight is 256 g/mol. The second kappa shape index (κ2) is 7.21. The molecule has 5 nitrogen and oxygen atoms in total. The van der Waals surface area contributed by atoms with Crippen molar-refractivity contribution in [1.82, 2.24) is 9.97 Å². The minimum absolute atomic E-state index is 0.312. The van der Waals surface area contributed by atoms with Gasteiger partial charge in [0.2, 0.25) is 5.88 Å². The lowest BCUT2D eigenvalue weighted by Crippen LogP contribution is -2.20. The maximum atomic E-state index is 5.93. The smallest absolute Gasteiger partial charge is 0.242 e. The summed E-state index contributed by atoms with van der Waals surface area (Å²) in [7, 11) is 0. The van der Waals surface area contributed by atoms with Crippen LogP contribution in [0.3, 0.4) is 0 Å². The first-order valence-corrected chi connectivity index (χ1v) is 6.92. The molecule has 3 N–H and O–H groups in total. The van der Waals surface area contributed by atoms with Crippen molar-refractivity contribution in [3.63, 3.8) is 0 Å². The zero-order valence-electron chi connectivity index (χ0n) is 10.6. The Bertz CT molecular complexity index is 348. The minimum Gasteiger partial charge on any atom is -0.476 e. The van der Waals surface area contributed by atoms with Crippen LogP contribution in [-0.2, 0) is 0 Å². The Morgan fingerprint density at radius 3 is 2.88 bits per heavy atom. The zero-order valence-corrected chi connectivity index (χ0v) is 11.4. The minimum atomic E-state index is 0.312. The highest BCUT2D eigenvalue weighted by Gasteiger charge is 2.11. The van der Waals surface area contributed by atoms with Gasteiger partial charge >= 0.3 is 0 Å². The third-order valence-corrected chi connectivity index (χ3v) is 3.23. The number of nitrogens with one attached hydrogen (secondary N) is 1. The molecule has 0 bridgehead atoms. The van der Waals surface area contributed by atoms with E-state index >= 15 is 0 Å². The number of rotatable bonds is 7. The number of aromatic nitrogens is 2. The molecule has 1 heterocycles. The molecular weight excluding hydrogens is 236 g/mol. The van der Waals surface area contributed by atoms with E-state index in [0.717, 1.165) is 11.5 Å².